The third-order valence-corrected chi connectivity index (χ3v) is 2.87. The molecule has 86 valence electrons. The lowest BCUT2D eigenvalue weighted by Crippen LogP contribution is -2.53. The molecule has 2 heterocycles. The van der Waals surface area contributed by atoms with Gasteiger partial charge in [0.2, 0.25) is 0 Å². The van der Waals surface area contributed by atoms with Crippen LogP contribution in [0.4, 0.5) is 4.79 Å². The van der Waals surface area contributed by atoms with E-state index in [1.165, 1.54) is 12.8 Å². The highest BCUT2D eigenvalue weighted by Gasteiger charge is 2.35. The molecule has 4 nitrogen and oxygen atoms in total. The van der Waals surface area contributed by atoms with Gasteiger partial charge in [0.15, 0.2) is 0 Å². The molecule has 0 aromatic rings. The predicted octanol–water partition coefficient (Wildman–Crippen LogP) is 1.36. The van der Waals surface area contributed by atoms with E-state index in [1.54, 1.807) is 0 Å². The molecule has 2 aliphatic rings. The summed E-state index contributed by atoms with van der Waals surface area (Å²) >= 11 is 0. The lowest BCUT2D eigenvalue weighted by Gasteiger charge is -2.34. The fraction of sp³-hybridized carbons (Fsp3) is 0.909. The maximum atomic E-state index is 11.8. The maximum absolute atomic E-state index is 11.8. The highest BCUT2D eigenvalue weighted by molar-refractivity contribution is 5.68. The van der Waals surface area contributed by atoms with E-state index in [1.807, 2.05) is 25.7 Å². The summed E-state index contributed by atoms with van der Waals surface area (Å²) in [5.74, 6) is 0. The van der Waals surface area contributed by atoms with E-state index in [-0.39, 0.29) is 11.7 Å². The summed E-state index contributed by atoms with van der Waals surface area (Å²) in [5, 5.41) is 3.49. The van der Waals surface area contributed by atoms with Crippen molar-refractivity contribution in [2.24, 2.45) is 0 Å². The lowest BCUT2D eigenvalue weighted by molar-refractivity contribution is 0.0189. The third kappa shape index (κ3) is 2.62. The molecule has 1 N–H and O–H groups in total. The van der Waals surface area contributed by atoms with Crippen molar-refractivity contribution < 1.29 is 9.53 Å². The van der Waals surface area contributed by atoms with Crippen LogP contribution in [0, 0.1) is 0 Å². The summed E-state index contributed by atoms with van der Waals surface area (Å²) < 4.78 is 5.36. The highest BCUT2D eigenvalue weighted by atomic mass is 16.6. The molecule has 4 heteroatoms. The molecule has 2 aliphatic heterocycles. The molecule has 1 amide bonds. The quantitative estimate of drug-likeness (QED) is 0.659. The Bertz CT molecular complexity index is 248. The van der Waals surface area contributed by atoms with Crippen molar-refractivity contribution in [3.8, 4) is 0 Å². The van der Waals surface area contributed by atoms with Crippen LogP contribution in [0.2, 0.25) is 0 Å². The van der Waals surface area contributed by atoms with Gasteiger partial charge in [0, 0.05) is 25.2 Å². The minimum atomic E-state index is -0.388. The van der Waals surface area contributed by atoms with Crippen LogP contribution in [0.25, 0.3) is 0 Å². The number of carbonyl (C=O) groups is 1. The molecular weight excluding hydrogens is 192 g/mol. The number of piperazine rings is 1. The van der Waals surface area contributed by atoms with Crippen molar-refractivity contribution >= 4 is 6.09 Å². The Balaban J connectivity index is 1.91. The molecule has 0 spiro atoms. The number of hydrogen-bond donors (Lipinski definition) is 1. The summed E-state index contributed by atoms with van der Waals surface area (Å²) in [5.41, 5.74) is -0.388. The average Bonchev–Trinajstić information content (AvgIpc) is 2.42. The molecule has 2 saturated heterocycles. The van der Waals surface area contributed by atoms with Gasteiger partial charge < -0.3 is 15.0 Å². The number of amides is 1. The molecule has 1 unspecified atom stereocenters. The molecule has 0 saturated carbocycles. The number of carbonyl (C=O) groups excluding carboxylic acids is 1. The van der Waals surface area contributed by atoms with E-state index in [0.29, 0.717) is 12.1 Å². The van der Waals surface area contributed by atoms with Gasteiger partial charge in [-0.25, -0.2) is 4.79 Å². The molecule has 2 bridgehead atoms. The van der Waals surface area contributed by atoms with Gasteiger partial charge >= 0.3 is 6.09 Å². The van der Waals surface area contributed by atoms with Gasteiger partial charge in [-0.05, 0) is 33.6 Å². The van der Waals surface area contributed by atoms with Crippen LogP contribution in [-0.2, 0) is 4.74 Å². The Morgan fingerprint density at radius 1 is 1.27 bits per heavy atom. The van der Waals surface area contributed by atoms with E-state index in [9.17, 15) is 4.79 Å². The molecule has 0 radical (unpaired) electrons. The topological polar surface area (TPSA) is 41.6 Å². The van der Waals surface area contributed by atoms with Crippen molar-refractivity contribution in [2.45, 2.75) is 51.3 Å². The van der Waals surface area contributed by atoms with Crippen LogP contribution in [0.1, 0.15) is 33.6 Å². The standard InChI is InChI=1S/C11H20N2O2/c1-11(2,3)15-10(14)13-6-8-4-5-9(7-13)12-8/h8-9,12H,4-7H2,1-3H3/t8-,9?/m1/s1. The molecule has 0 aliphatic carbocycles. The molecule has 0 aromatic carbocycles. The van der Waals surface area contributed by atoms with Crippen LogP contribution in [-0.4, -0.2) is 41.8 Å². The maximum Gasteiger partial charge on any atom is 0.410 e. The summed E-state index contributed by atoms with van der Waals surface area (Å²) in [7, 11) is 0. The molecule has 2 rings (SSSR count). The fourth-order valence-electron chi connectivity index (χ4n) is 2.27. The number of fused-ring (bicyclic) bond motifs is 2. The Labute approximate surface area is 91.0 Å². The second-order valence-corrected chi connectivity index (χ2v) is 5.52. The number of nitrogens with one attached hydrogen (secondary N) is 1. The molecule has 2 atom stereocenters. The highest BCUT2D eigenvalue weighted by Crippen LogP contribution is 2.21. The van der Waals surface area contributed by atoms with Crippen LogP contribution < -0.4 is 5.32 Å². The third-order valence-electron chi connectivity index (χ3n) is 2.87. The summed E-state index contributed by atoms with van der Waals surface area (Å²) in [4.78, 5) is 13.6. The normalized spacial score (nSPS) is 30.5. The second-order valence-electron chi connectivity index (χ2n) is 5.52. The Hall–Kier alpha value is -0.770. The lowest BCUT2D eigenvalue weighted by atomic mass is 10.2. The second kappa shape index (κ2) is 3.67. The predicted molar refractivity (Wildman–Crippen MR) is 57.8 cm³/mol. The van der Waals surface area contributed by atoms with Crippen molar-refractivity contribution in [3.63, 3.8) is 0 Å². The minimum Gasteiger partial charge on any atom is -0.444 e. The van der Waals surface area contributed by atoms with Crippen LogP contribution in [0.15, 0.2) is 0 Å². The van der Waals surface area contributed by atoms with Crippen LogP contribution >= 0.6 is 0 Å². The zero-order chi connectivity index (χ0) is 11.1. The van der Waals surface area contributed by atoms with Gasteiger partial charge in [0.05, 0.1) is 0 Å². The van der Waals surface area contributed by atoms with E-state index in [2.05, 4.69) is 5.32 Å². The van der Waals surface area contributed by atoms with Gasteiger partial charge in [-0.1, -0.05) is 0 Å². The molecular formula is C11H20N2O2. The summed E-state index contributed by atoms with van der Waals surface area (Å²) in [6.07, 6.45) is 2.20. The monoisotopic (exact) mass is 212 g/mol. The van der Waals surface area contributed by atoms with Gasteiger partial charge in [-0.15, -0.1) is 0 Å². The first-order valence-electron chi connectivity index (χ1n) is 5.68. The zero-order valence-electron chi connectivity index (χ0n) is 9.75. The Kier molecular flexibility index (Phi) is 2.63. The molecule has 0 aromatic heterocycles. The number of ether oxygens (including phenoxy) is 1. The molecule has 15 heavy (non-hydrogen) atoms. The van der Waals surface area contributed by atoms with Gasteiger partial charge in [0.25, 0.3) is 0 Å². The van der Waals surface area contributed by atoms with Crippen molar-refractivity contribution in [1.29, 1.82) is 0 Å². The largest absolute Gasteiger partial charge is 0.444 e. The summed E-state index contributed by atoms with van der Waals surface area (Å²) in [6.45, 7) is 7.31. The fourth-order valence-corrected chi connectivity index (χ4v) is 2.27. The number of nitrogens with zero attached hydrogens (tertiary/aromatic N) is 1. The van der Waals surface area contributed by atoms with Gasteiger partial charge in [-0.3, -0.25) is 0 Å². The minimum absolute atomic E-state index is 0.166. The SMILES string of the molecule is CC(C)(C)OC(=O)N1CC2CC[C@H](C1)N2. The van der Waals surface area contributed by atoms with E-state index < -0.39 is 0 Å². The number of hydrogen-bond acceptors (Lipinski definition) is 3. The van der Waals surface area contributed by atoms with Crippen LogP contribution in [0.3, 0.4) is 0 Å². The molecule has 2 fully saturated rings. The zero-order valence-corrected chi connectivity index (χ0v) is 9.75. The van der Waals surface area contributed by atoms with Gasteiger partial charge in [0.1, 0.15) is 5.60 Å². The van der Waals surface area contributed by atoms with E-state index >= 15 is 0 Å². The number of likely N-dealkylation sites (tertiary alicyclic amines) is 1. The smallest absolute Gasteiger partial charge is 0.410 e. The Morgan fingerprint density at radius 2 is 1.80 bits per heavy atom. The summed E-state index contributed by atoms with van der Waals surface area (Å²) in [6, 6.07) is 0.965. The first kappa shape index (κ1) is 10.7. The van der Waals surface area contributed by atoms with Gasteiger partial charge in [-0.2, -0.15) is 0 Å². The van der Waals surface area contributed by atoms with Crippen molar-refractivity contribution in [2.75, 3.05) is 13.1 Å². The van der Waals surface area contributed by atoms with E-state index in [4.69, 9.17) is 4.74 Å². The first-order valence-corrected chi connectivity index (χ1v) is 5.68. The average molecular weight is 212 g/mol. The Morgan fingerprint density at radius 3 is 2.27 bits per heavy atom. The van der Waals surface area contributed by atoms with E-state index in [0.717, 1.165) is 13.1 Å². The van der Waals surface area contributed by atoms with Crippen molar-refractivity contribution in [3.05, 3.63) is 0 Å². The van der Waals surface area contributed by atoms with Crippen LogP contribution in [0.5, 0.6) is 0 Å². The first-order chi connectivity index (χ1) is 6.94. The number of rotatable bonds is 0. The van der Waals surface area contributed by atoms with Crippen molar-refractivity contribution in [1.82, 2.24) is 10.2 Å².